The number of carbonyl (C=O) groups is 1. The summed E-state index contributed by atoms with van der Waals surface area (Å²) < 4.78 is 10.9. The minimum atomic E-state index is -0.0137. The van der Waals surface area contributed by atoms with Gasteiger partial charge in [0.25, 0.3) is 0 Å². The molecule has 0 unspecified atom stereocenters. The Morgan fingerprint density at radius 2 is 2.20 bits per heavy atom. The molecule has 1 saturated heterocycles. The fourth-order valence-electron chi connectivity index (χ4n) is 3.61. The van der Waals surface area contributed by atoms with E-state index in [0.717, 1.165) is 48.0 Å². The lowest BCUT2D eigenvalue weighted by Gasteiger charge is -2.24. The number of H-pyrrole nitrogens is 1. The minimum Gasteiger partial charge on any atom is -0.454 e. The summed E-state index contributed by atoms with van der Waals surface area (Å²) in [5.74, 6) is 1.57. The van der Waals surface area contributed by atoms with Gasteiger partial charge >= 0.3 is 0 Å². The third-order valence-electron chi connectivity index (χ3n) is 4.88. The number of anilines is 1. The molecule has 0 saturated carbocycles. The van der Waals surface area contributed by atoms with Gasteiger partial charge in [-0.1, -0.05) is 6.07 Å². The van der Waals surface area contributed by atoms with Crippen molar-refractivity contribution >= 4 is 11.6 Å². The van der Waals surface area contributed by atoms with Gasteiger partial charge in [-0.05, 0) is 50.9 Å². The average Bonchev–Trinajstić information content (AvgIpc) is 3.31. The maximum Gasteiger partial charge on any atom is 0.238 e. The van der Waals surface area contributed by atoms with Crippen LogP contribution in [-0.4, -0.2) is 40.9 Å². The summed E-state index contributed by atoms with van der Waals surface area (Å²) >= 11 is 0. The van der Waals surface area contributed by atoms with Gasteiger partial charge in [0.1, 0.15) is 0 Å². The summed E-state index contributed by atoms with van der Waals surface area (Å²) in [4.78, 5) is 14.7. The Kier molecular flexibility index (Phi) is 4.09. The van der Waals surface area contributed by atoms with Crippen LogP contribution in [0.4, 0.5) is 5.69 Å². The lowest BCUT2D eigenvalue weighted by atomic mass is 10.0. The van der Waals surface area contributed by atoms with Crippen LogP contribution < -0.4 is 14.8 Å². The molecule has 7 heteroatoms. The fraction of sp³-hybridized carbons (Fsp3) is 0.444. The maximum atomic E-state index is 12.5. The summed E-state index contributed by atoms with van der Waals surface area (Å²) in [7, 11) is 0. The molecule has 0 spiro atoms. The molecule has 2 aliphatic heterocycles. The van der Waals surface area contributed by atoms with Crippen LogP contribution in [0.2, 0.25) is 0 Å². The van der Waals surface area contributed by atoms with Crippen LogP contribution in [0.25, 0.3) is 0 Å². The van der Waals surface area contributed by atoms with Crippen molar-refractivity contribution in [1.82, 2.24) is 15.1 Å². The Bertz CT molecular complexity index is 782. The molecule has 25 heavy (non-hydrogen) atoms. The molecule has 2 aromatic rings. The largest absolute Gasteiger partial charge is 0.454 e. The summed E-state index contributed by atoms with van der Waals surface area (Å²) in [6.45, 7) is 5.34. The third kappa shape index (κ3) is 3.07. The fourth-order valence-corrected chi connectivity index (χ4v) is 3.61. The van der Waals surface area contributed by atoms with E-state index in [2.05, 4.69) is 26.5 Å². The highest BCUT2D eigenvalue weighted by molar-refractivity contribution is 5.93. The van der Waals surface area contributed by atoms with Crippen molar-refractivity contribution < 1.29 is 14.3 Å². The van der Waals surface area contributed by atoms with E-state index in [4.69, 9.17) is 9.47 Å². The van der Waals surface area contributed by atoms with Crippen molar-refractivity contribution in [3.63, 3.8) is 0 Å². The van der Waals surface area contributed by atoms with Crippen molar-refractivity contribution in [2.45, 2.75) is 32.7 Å². The van der Waals surface area contributed by atoms with Crippen molar-refractivity contribution in [3.8, 4) is 11.5 Å². The number of aryl methyl sites for hydroxylation is 2. The number of nitrogens with zero attached hydrogens (tertiary/aromatic N) is 2. The number of amides is 1. The number of benzene rings is 1. The molecule has 4 rings (SSSR count). The number of aromatic nitrogens is 2. The van der Waals surface area contributed by atoms with E-state index in [9.17, 15) is 4.79 Å². The average molecular weight is 342 g/mol. The predicted molar refractivity (Wildman–Crippen MR) is 92.8 cm³/mol. The monoisotopic (exact) mass is 342 g/mol. The van der Waals surface area contributed by atoms with E-state index in [1.807, 2.05) is 26.0 Å². The summed E-state index contributed by atoms with van der Waals surface area (Å²) in [6.07, 6.45) is 2.12. The molecule has 1 fully saturated rings. The standard InChI is InChI=1S/C18H22N4O3/c1-11-18(12(2)21-20-11)19-17(23)9-22-7-3-4-14(22)13-5-6-15-16(8-13)25-10-24-15/h5-6,8,14H,3-4,7,9-10H2,1-2H3,(H,19,23)(H,20,21)/t14-/m1/s1. The van der Waals surface area contributed by atoms with Crippen molar-refractivity contribution in [1.29, 1.82) is 0 Å². The number of rotatable bonds is 4. The van der Waals surface area contributed by atoms with Crippen LogP contribution in [0.15, 0.2) is 18.2 Å². The number of ether oxygens (including phenoxy) is 2. The first-order valence-electron chi connectivity index (χ1n) is 8.57. The molecular formula is C18H22N4O3. The molecule has 3 heterocycles. The summed E-state index contributed by atoms with van der Waals surface area (Å²) in [5, 5.41) is 9.99. The molecule has 132 valence electrons. The normalized spacial score (nSPS) is 19.4. The van der Waals surface area contributed by atoms with Crippen molar-refractivity contribution in [2.75, 3.05) is 25.2 Å². The lowest BCUT2D eigenvalue weighted by Crippen LogP contribution is -2.33. The van der Waals surface area contributed by atoms with Crippen molar-refractivity contribution in [3.05, 3.63) is 35.2 Å². The number of likely N-dealkylation sites (tertiary alicyclic amines) is 1. The van der Waals surface area contributed by atoms with Gasteiger partial charge in [0.05, 0.1) is 23.6 Å². The third-order valence-corrected chi connectivity index (χ3v) is 4.88. The lowest BCUT2D eigenvalue weighted by molar-refractivity contribution is -0.117. The zero-order valence-corrected chi connectivity index (χ0v) is 14.5. The molecule has 1 atom stereocenters. The number of hydrogen-bond donors (Lipinski definition) is 2. The van der Waals surface area contributed by atoms with Gasteiger partial charge in [0.2, 0.25) is 12.7 Å². The molecule has 2 aliphatic rings. The molecule has 0 bridgehead atoms. The summed E-state index contributed by atoms with van der Waals surface area (Å²) in [5.41, 5.74) is 3.63. The van der Waals surface area contributed by atoms with Gasteiger partial charge in [-0.25, -0.2) is 0 Å². The zero-order valence-electron chi connectivity index (χ0n) is 14.5. The molecular weight excluding hydrogens is 320 g/mol. The maximum absolute atomic E-state index is 12.5. The second-order valence-corrected chi connectivity index (χ2v) is 6.60. The van der Waals surface area contributed by atoms with Crippen LogP contribution in [0.1, 0.15) is 35.8 Å². The van der Waals surface area contributed by atoms with Gasteiger partial charge < -0.3 is 14.8 Å². The highest BCUT2D eigenvalue weighted by Crippen LogP contribution is 2.38. The minimum absolute atomic E-state index is 0.0137. The molecule has 1 aromatic heterocycles. The molecule has 1 amide bonds. The van der Waals surface area contributed by atoms with Crippen LogP contribution in [-0.2, 0) is 4.79 Å². The van der Waals surface area contributed by atoms with E-state index in [1.165, 1.54) is 5.56 Å². The molecule has 1 aromatic carbocycles. The van der Waals surface area contributed by atoms with Crippen LogP contribution in [0.3, 0.4) is 0 Å². The Morgan fingerprint density at radius 1 is 1.36 bits per heavy atom. The van der Waals surface area contributed by atoms with Gasteiger partial charge in [-0.2, -0.15) is 5.10 Å². The van der Waals surface area contributed by atoms with E-state index >= 15 is 0 Å². The molecule has 7 nitrogen and oxygen atoms in total. The van der Waals surface area contributed by atoms with Crippen LogP contribution in [0, 0.1) is 13.8 Å². The number of carbonyl (C=O) groups excluding carboxylic acids is 1. The first-order valence-corrected chi connectivity index (χ1v) is 8.57. The second kappa shape index (κ2) is 6.40. The highest BCUT2D eigenvalue weighted by Gasteiger charge is 2.29. The van der Waals surface area contributed by atoms with E-state index in [0.29, 0.717) is 6.54 Å². The number of nitrogens with one attached hydrogen (secondary N) is 2. The Hall–Kier alpha value is -2.54. The van der Waals surface area contributed by atoms with Gasteiger partial charge in [-0.3, -0.25) is 14.8 Å². The van der Waals surface area contributed by atoms with Gasteiger partial charge in [-0.15, -0.1) is 0 Å². The van der Waals surface area contributed by atoms with Crippen molar-refractivity contribution in [2.24, 2.45) is 0 Å². The molecule has 0 aliphatic carbocycles. The first-order chi connectivity index (χ1) is 12.1. The van der Waals surface area contributed by atoms with E-state index in [1.54, 1.807) is 0 Å². The second-order valence-electron chi connectivity index (χ2n) is 6.60. The quantitative estimate of drug-likeness (QED) is 0.892. The van der Waals surface area contributed by atoms with Gasteiger partial charge in [0.15, 0.2) is 11.5 Å². The zero-order chi connectivity index (χ0) is 17.4. The topological polar surface area (TPSA) is 79.5 Å². The number of fused-ring (bicyclic) bond motifs is 1. The number of hydrogen-bond acceptors (Lipinski definition) is 5. The first kappa shape index (κ1) is 16.0. The van der Waals surface area contributed by atoms with Crippen LogP contribution >= 0.6 is 0 Å². The Balaban J connectivity index is 1.45. The van der Waals surface area contributed by atoms with Crippen LogP contribution in [0.5, 0.6) is 11.5 Å². The number of aromatic amines is 1. The highest BCUT2D eigenvalue weighted by atomic mass is 16.7. The smallest absolute Gasteiger partial charge is 0.238 e. The van der Waals surface area contributed by atoms with Gasteiger partial charge in [0, 0.05) is 6.04 Å². The molecule has 2 N–H and O–H groups in total. The Morgan fingerprint density at radius 3 is 3.00 bits per heavy atom. The molecule has 0 radical (unpaired) electrons. The predicted octanol–water partition coefficient (Wildman–Crippen LogP) is 2.53. The van der Waals surface area contributed by atoms with E-state index < -0.39 is 0 Å². The summed E-state index contributed by atoms with van der Waals surface area (Å²) in [6, 6.07) is 6.28. The Labute approximate surface area is 146 Å². The van der Waals surface area contributed by atoms with E-state index in [-0.39, 0.29) is 18.7 Å². The SMILES string of the molecule is Cc1n[nH]c(C)c1NC(=O)CN1CCC[C@@H]1c1ccc2c(c1)OCO2.